The third-order valence-electron chi connectivity index (χ3n) is 2.41. The maximum Gasteiger partial charge on any atom is 0.243 e. The van der Waals surface area contributed by atoms with Crippen molar-refractivity contribution < 1.29 is 12.8 Å². The van der Waals surface area contributed by atoms with E-state index in [1.54, 1.807) is 24.4 Å². The van der Waals surface area contributed by atoms with Crippen molar-refractivity contribution in [2.24, 2.45) is 0 Å². The van der Waals surface area contributed by atoms with Gasteiger partial charge in [-0.2, -0.15) is 0 Å². The second-order valence-corrected chi connectivity index (χ2v) is 5.57. The fourth-order valence-corrected chi connectivity index (χ4v) is 2.58. The smallest absolute Gasteiger partial charge is 0.243 e. The molecule has 1 aromatic heterocycles. The van der Waals surface area contributed by atoms with Gasteiger partial charge in [0, 0.05) is 11.9 Å². The molecule has 0 fully saturated rings. The predicted molar refractivity (Wildman–Crippen MR) is 69.1 cm³/mol. The topological polar surface area (TPSA) is 85.1 Å². The number of aromatic nitrogens is 1. The highest BCUT2D eigenvalue weighted by molar-refractivity contribution is 7.89. The van der Waals surface area contributed by atoms with Gasteiger partial charge < -0.3 is 5.73 Å². The van der Waals surface area contributed by atoms with E-state index >= 15 is 0 Å². The van der Waals surface area contributed by atoms with Crippen LogP contribution in [-0.2, 0) is 16.6 Å². The molecule has 0 radical (unpaired) electrons. The lowest BCUT2D eigenvalue weighted by molar-refractivity contribution is 0.556. The lowest BCUT2D eigenvalue weighted by Crippen LogP contribution is -2.24. The molecule has 19 heavy (non-hydrogen) atoms. The Morgan fingerprint density at radius 1 is 1.26 bits per heavy atom. The van der Waals surface area contributed by atoms with Crippen LogP contribution in [0.25, 0.3) is 0 Å². The van der Waals surface area contributed by atoms with Crippen molar-refractivity contribution in [3.63, 3.8) is 0 Å². The third kappa shape index (κ3) is 3.27. The molecule has 2 aromatic rings. The van der Waals surface area contributed by atoms with E-state index in [1.165, 1.54) is 6.07 Å². The Kier molecular flexibility index (Phi) is 3.77. The molecule has 1 aromatic carbocycles. The number of halogens is 1. The first kappa shape index (κ1) is 13.4. The lowest BCUT2D eigenvalue weighted by Gasteiger charge is -2.08. The Labute approximate surface area is 110 Å². The minimum atomic E-state index is -3.96. The van der Waals surface area contributed by atoms with Crippen molar-refractivity contribution in [3.8, 4) is 0 Å². The normalized spacial score (nSPS) is 11.4. The Hall–Kier alpha value is -1.99. The van der Waals surface area contributed by atoms with E-state index in [0.29, 0.717) is 5.69 Å². The average molecular weight is 281 g/mol. The van der Waals surface area contributed by atoms with Gasteiger partial charge >= 0.3 is 0 Å². The summed E-state index contributed by atoms with van der Waals surface area (Å²) in [7, 11) is -3.96. The van der Waals surface area contributed by atoms with Crippen molar-refractivity contribution in [1.82, 2.24) is 9.71 Å². The maximum absolute atomic E-state index is 13.5. The Morgan fingerprint density at radius 2 is 2.05 bits per heavy atom. The monoisotopic (exact) mass is 281 g/mol. The molecule has 0 saturated heterocycles. The van der Waals surface area contributed by atoms with Gasteiger partial charge in [-0.15, -0.1) is 0 Å². The number of hydrogen-bond acceptors (Lipinski definition) is 4. The van der Waals surface area contributed by atoms with E-state index in [4.69, 9.17) is 5.73 Å². The van der Waals surface area contributed by atoms with Crippen LogP contribution in [0.3, 0.4) is 0 Å². The van der Waals surface area contributed by atoms with Gasteiger partial charge in [0.15, 0.2) is 0 Å². The van der Waals surface area contributed by atoms with E-state index in [2.05, 4.69) is 9.71 Å². The fourth-order valence-electron chi connectivity index (χ4n) is 1.48. The van der Waals surface area contributed by atoms with Crippen LogP contribution in [0.5, 0.6) is 0 Å². The number of sulfonamides is 1. The second-order valence-electron chi connectivity index (χ2n) is 3.84. The van der Waals surface area contributed by atoms with Gasteiger partial charge in [-0.05, 0) is 30.3 Å². The maximum atomic E-state index is 13.5. The Bertz CT molecular complexity index is 675. The zero-order chi connectivity index (χ0) is 13.9. The molecule has 5 nitrogen and oxygen atoms in total. The Morgan fingerprint density at radius 3 is 2.74 bits per heavy atom. The molecular formula is C12H12FN3O2S. The molecule has 0 amide bonds. The minimum Gasteiger partial charge on any atom is -0.399 e. The molecule has 100 valence electrons. The first-order valence-corrected chi connectivity index (χ1v) is 6.92. The first-order chi connectivity index (χ1) is 8.99. The molecule has 3 N–H and O–H groups in total. The van der Waals surface area contributed by atoms with Gasteiger partial charge in [0.05, 0.1) is 12.2 Å². The van der Waals surface area contributed by atoms with Gasteiger partial charge in [0.1, 0.15) is 10.7 Å². The van der Waals surface area contributed by atoms with E-state index in [9.17, 15) is 12.8 Å². The molecule has 7 heteroatoms. The summed E-state index contributed by atoms with van der Waals surface area (Å²) in [5.41, 5.74) is 6.18. The van der Waals surface area contributed by atoms with Crippen LogP contribution < -0.4 is 10.5 Å². The summed E-state index contributed by atoms with van der Waals surface area (Å²) in [5, 5.41) is 0. The number of rotatable bonds is 4. The van der Waals surface area contributed by atoms with E-state index < -0.39 is 20.7 Å². The fraction of sp³-hybridized carbons (Fsp3) is 0.0833. The molecule has 0 atom stereocenters. The average Bonchev–Trinajstić information content (AvgIpc) is 2.40. The predicted octanol–water partition coefficient (Wildman–Crippen LogP) is 1.28. The molecule has 0 unspecified atom stereocenters. The van der Waals surface area contributed by atoms with Crippen molar-refractivity contribution in [2.75, 3.05) is 5.73 Å². The van der Waals surface area contributed by atoms with Crippen molar-refractivity contribution >= 4 is 15.7 Å². The van der Waals surface area contributed by atoms with E-state index in [0.717, 1.165) is 12.1 Å². The minimum absolute atomic E-state index is 0.0165. The SMILES string of the molecule is Nc1ccc(F)c(S(=O)(=O)NCc2ccccn2)c1. The van der Waals surface area contributed by atoms with Gasteiger partial charge in [-0.1, -0.05) is 6.07 Å². The second kappa shape index (κ2) is 5.33. The van der Waals surface area contributed by atoms with Crippen LogP contribution in [0.15, 0.2) is 47.5 Å². The zero-order valence-electron chi connectivity index (χ0n) is 9.88. The Balaban J connectivity index is 2.21. The number of hydrogen-bond donors (Lipinski definition) is 2. The van der Waals surface area contributed by atoms with Crippen LogP contribution in [-0.4, -0.2) is 13.4 Å². The number of benzene rings is 1. The third-order valence-corrected chi connectivity index (χ3v) is 3.83. The summed E-state index contributed by atoms with van der Waals surface area (Å²) in [5.74, 6) is -0.845. The van der Waals surface area contributed by atoms with Crippen LogP contribution in [0, 0.1) is 5.82 Å². The largest absolute Gasteiger partial charge is 0.399 e. The van der Waals surface area contributed by atoms with Crippen molar-refractivity contribution in [2.45, 2.75) is 11.4 Å². The number of nitrogens with two attached hydrogens (primary N) is 1. The quantitative estimate of drug-likeness (QED) is 0.827. The summed E-state index contributed by atoms with van der Waals surface area (Å²) in [6, 6.07) is 8.51. The zero-order valence-corrected chi connectivity index (χ0v) is 10.7. The molecule has 0 saturated carbocycles. The molecule has 0 aliphatic rings. The molecule has 0 aliphatic heterocycles. The van der Waals surface area contributed by atoms with Gasteiger partial charge in [-0.25, -0.2) is 17.5 Å². The number of pyridine rings is 1. The molecule has 0 spiro atoms. The highest BCUT2D eigenvalue weighted by Crippen LogP contribution is 2.17. The van der Waals surface area contributed by atoms with Gasteiger partial charge in [-0.3, -0.25) is 4.98 Å². The van der Waals surface area contributed by atoms with Crippen LogP contribution in [0.2, 0.25) is 0 Å². The van der Waals surface area contributed by atoms with Gasteiger partial charge in [0.25, 0.3) is 0 Å². The number of anilines is 1. The summed E-state index contributed by atoms with van der Waals surface area (Å²) in [6.07, 6.45) is 1.55. The number of nitrogens with one attached hydrogen (secondary N) is 1. The lowest BCUT2D eigenvalue weighted by atomic mass is 10.3. The first-order valence-electron chi connectivity index (χ1n) is 5.43. The molecule has 2 rings (SSSR count). The number of nitrogens with zero attached hydrogens (tertiary/aromatic N) is 1. The summed E-state index contributed by atoms with van der Waals surface area (Å²) < 4.78 is 39.7. The van der Waals surface area contributed by atoms with E-state index in [1.807, 2.05) is 0 Å². The summed E-state index contributed by atoms with van der Waals surface area (Å²) in [6.45, 7) is -0.0165. The summed E-state index contributed by atoms with van der Waals surface area (Å²) in [4.78, 5) is 3.50. The highest BCUT2D eigenvalue weighted by Gasteiger charge is 2.19. The van der Waals surface area contributed by atoms with Gasteiger partial charge in [0.2, 0.25) is 10.0 Å². The molecule has 0 bridgehead atoms. The molecule has 0 aliphatic carbocycles. The van der Waals surface area contributed by atoms with E-state index in [-0.39, 0.29) is 12.2 Å². The standard InChI is InChI=1S/C12H12FN3O2S/c13-11-5-4-9(14)7-12(11)19(17,18)16-8-10-3-1-2-6-15-10/h1-7,16H,8,14H2. The molecule has 1 heterocycles. The highest BCUT2D eigenvalue weighted by atomic mass is 32.2. The van der Waals surface area contributed by atoms with Crippen molar-refractivity contribution in [1.29, 1.82) is 0 Å². The van der Waals surface area contributed by atoms with Crippen LogP contribution in [0.1, 0.15) is 5.69 Å². The van der Waals surface area contributed by atoms with Crippen molar-refractivity contribution in [3.05, 3.63) is 54.1 Å². The van der Waals surface area contributed by atoms with Crippen LogP contribution in [0.4, 0.5) is 10.1 Å². The van der Waals surface area contributed by atoms with Crippen LogP contribution >= 0.6 is 0 Å². The summed E-state index contributed by atoms with van der Waals surface area (Å²) >= 11 is 0. The molecular weight excluding hydrogens is 269 g/mol. The number of nitrogen functional groups attached to an aromatic ring is 1.